The molecule has 96 valence electrons. The van der Waals surface area contributed by atoms with Gasteiger partial charge in [-0.2, -0.15) is 5.26 Å². The van der Waals surface area contributed by atoms with Crippen LogP contribution in [0.1, 0.15) is 26.3 Å². The van der Waals surface area contributed by atoms with Crippen molar-refractivity contribution < 1.29 is 9.53 Å². The van der Waals surface area contributed by atoms with Gasteiger partial charge in [0.05, 0.1) is 24.1 Å². The third-order valence-electron chi connectivity index (χ3n) is 2.46. The average Bonchev–Trinajstić information content (AvgIpc) is 2.36. The number of carbonyl (C=O) groups excluding carboxylic acids is 1. The molecule has 1 aromatic rings. The number of anilines is 1. The van der Waals surface area contributed by atoms with Gasteiger partial charge in [-0.15, -0.1) is 0 Å². The van der Waals surface area contributed by atoms with Crippen LogP contribution in [0.2, 0.25) is 0 Å². The largest absolute Gasteiger partial charge is 0.465 e. The lowest BCUT2D eigenvalue weighted by atomic mass is 10.2. The first-order chi connectivity index (χ1) is 8.60. The number of esters is 1. The molecule has 5 nitrogen and oxygen atoms in total. The standard InChI is InChI=1S/C13H17N3O2/c1-4-18-13(17)9-16(10(2)3)12-8-15-6-5-11(12)7-14/h5-6,8,10H,4,9H2,1-3H3. The molecule has 0 aliphatic rings. The second-order valence-electron chi connectivity index (χ2n) is 4.03. The van der Waals surface area contributed by atoms with E-state index in [2.05, 4.69) is 11.1 Å². The second kappa shape index (κ2) is 6.60. The van der Waals surface area contributed by atoms with Crippen LogP contribution in [0.5, 0.6) is 0 Å². The first-order valence-electron chi connectivity index (χ1n) is 5.86. The Kier molecular flexibility index (Phi) is 5.12. The fourth-order valence-corrected chi connectivity index (χ4v) is 1.60. The van der Waals surface area contributed by atoms with Gasteiger partial charge >= 0.3 is 5.97 Å². The molecule has 18 heavy (non-hydrogen) atoms. The van der Waals surface area contributed by atoms with E-state index in [4.69, 9.17) is 10.00 Å². The normalized spacial score (nSPS) is 9.94. The summed E-state index contributed by atoms with van der Waals surface area (Å²) in [5.41, 5.74) is 1.16. The maximum atomic E-state index is 11.6. The highest BCUT2D eigenvalue weighted by Crippen LogP contribution is 2.20. The molecule has 0 saturated heterocycles. The first kappa shape index (κ1) is 14.0. The summed E-state index contributed by atoms with van der Waals surface area (Å²) in [6, 6.07) is 3.81. The lowest BCUT2D eigenvalue weighted by Gasteiger charge is -2.28. The lowest BCUT2D eigenvalue weighted by molar-refractivity contribution is -0.141. The highest BCUT2D eigenvalue weighted by Gasteiger charge is 2.18. The van der Waals surface area contributed by atoms with E-state index in [0.29, 0.717) is 17.9 Å². The number of nitriles is 1. The van der Waals surface area contributed by atoms with Crippen LogP contribution in [0.4, 0.5) is 5.69 Å². The van der Waals surface area contributed by atoms with Crippen LogP contribution in [0.15, 0.2) is 18.5 Å². The minimum absolute atomic E-state index is 0.0747. The summed E-state index contributed by atoms with van der Waals surface area (Å²) < 4.78 is 4.93. The molecule has 1 rings (SSSR count). The van der Waals surface area contributed by atoms with E-state index in [1.165, 1.54) is 0 Å². The van der Waals surface area contributed by atoms with Crippen molar-refractivity contribution in [2.75, 3.05) is 18.1 Å². The van der Waals surface area contributed by atoms with Gasteiger partial charge in [0.1, 0.15) is 12.6 Å². The summed E-state index contributed by atoms with van der Waals surface area (Å²) in [7, 11) is 0. The highest BCUT2D eigenvalue weighted by atomic mass is 16.5. The highest BCUT2D eigenvalue weighted by molar-refractivity contribution is 5.77. The molecule has 5 heteroatoms. The number of rotatable bonds is 5. The Morgan fingerprint density at radius 2 is 2.33 bits per heavy atom. The number of aromatic nitrogens is 1. The van der Waals surface area contributed by atoms with E-state index in [0.717, 1.165) is 0 Å². The van der Waals surface area contributed by atoms with Crippen molar-refractivity contribution in [2.24, 2.45) is 0 Å². The molecule has 0 fully saturated rings. The quantitative estimate of drug-likeness (QED) is 0.741. The zero-order valence-corrected chi connectivity index (χ0v) is 10.9. The molecule has 0 aromatic carbocycles. The second-order valence-corrected chi connectivity index (χ2v) is 4.03. The maximum absolute atomic E-state index is 11.6. The first-order valence-corrected chi connectivity index (χ1v) is 5.86. The van der Waals surface area contributed by atoms with Gasteiger partial charge in [0.2, 0.25) is 0 Å². The van der Waals surface area contributed by atoms with E-state index < -0.39 is 0 Å². The molecule has 0 unspecified atom stereocenters. The fraction of sp³-hybridized carbons (Fsp3) is 0.462. The SMILES string of the molecule is CCOC(=O)CN(c1cnccc1C#N)C(C)C. The zero-order chi connectivity index (χ0) is 13.5. The summed E-state index contributed by atoms with van der Waals surface area (Å²) in [6.07, 6.45) is 3.16. The number of hydrogen-bond donors (Lipinski definition) is 0. The third-order valence-corrected chi connectivity index (χ3v) is 2.46. The summed E-state index contributed by atoms with van der Waals surface area (Å²) in [6.45, 7) is 6.14. The van der Waals surface area contributed by atoms with E-state index in [9.17, 15) is 4.79 Å². The molecule has 0 N–H and O–H groups in total. The van der Waals surface area contributed by atoms with Crippen molar-refractivity contribution in [1.29, 1.82) is 5.26 Å². The molecule has 0 aliphatic heterocycles. The Bertz CT molecular complexity index is 452. The van der Waals surface area contributed by atoms with Crippen LogP contribution in [-0.2, 0) is 9.53 Å². The van der Waals surface area contributed by atoms with Crippen molar-refractivity contribution in [2.45, 2.75) is 26.8 Å². The molecule has 0 atom stereocenters. The molecule has 1 heterocycles. The molecule has 1 aromatic heterocycles. The molecule has 0 amide bonds. The summed E-state index contributed by atoms with van der Waals surface area (Å²) in [4.78, 5) is 17.4. The third kappa shape index (κ3) is 3.45. The summed E-state index contributed by atoms with van der Waals surface area (Å²) in [5.74, 6) is -0.307. The predicted octanol–water partition coefficient (Wildman–Crippen LogP) is 1.73. The fourth-order valence-electron chi connectivity index (χ4n) is 1.60. The smallest absolute Gasteiger partial charge is 0.325 e. The minimum Gasteiger partial charge on any atom is -0.465 e. The van der Waals surface area contributed by atoms with Crippen LogP contribution in [0.3, 0.4) is 0 Å². The van der Waals surface area contributed by atoms with Gasteiger partial charge in [-0.25, -0.2) is 0 Å². The molecule has 0 aliphatic carbocycles. The van der Waals surface area contributed by atoms with Gasteiger partial charge < -0.3 is 9.64 Å². The maximum Gasteiger partial charge on any atom is 0.325 e. The zero-order valence-electron chi connectivity index (χ0n) is 10.9. The summed E-state index contributed by atoms with van der Waals surface area (Å²) >= 11 is 0. The predicted molar refractivity (Wildman–Crippen MR) is 68.1 cm³/mol. The molecule has 0 bridgehead atoms. The Labute approximate surface area is 107 Å². The molecular weight excluding hydrogens is 230 g/mol. The van der Waals surface area contributed by atoms with Crippen molar-refractivity contribution in [1.82, 2.24) is 4.98 Å². The van der Waals surface area contributed by atoms with E-state index in [-0.39, 0.29) is 18.6 Å². The average molecular weight is 247 g/mol. The Hall–Kier alpha value is -2.09. The van der Waals surface area contributed by atoms with Crippen LogP contribution in [0, 0.1) is 11.3 Å². The number of nitrogens with zero attached hydrogens (tertiary/aromatic N) is 3. The van der Waals surface area contributed by atoms with E-state index >= 15 is 0 Å². The van der Waals surface area contributed by atoms with Gasteiger partial charge in [0.15, 0.2) is 0 Å². The van der Waals surface area contributed by atoms with Crippen LogP contribution in [0.25, 0.3) is 0 Å². The van der Waals surface area contributed by atoms with Crippen LogP contribution in [-0.4, -0.2) is 30.1 Å². The van der Waals surface area contributed by atoms with Crippen molar-refractivity contribution >= 4 is 11.7 Å². The van der Waals surface area contributed by atoms with E-state index in [1.54, 1.807) is 25.4 Å². The molecular formula is C13H17N3O2. The molecule has 0 spiro atoms. The van der Waals surface area contributed by atoms with Gasteiger partial charge in [0, 0.05) is 12.2 Å². The van der Waals surface area contributed by atoms with E-state index in [1.807, 2.05) is 18.7 Å². The summed E-state index contributed by atoms with van der Waals surface area (Å²) in [5, 5.41) is 9.07. The minimum atomic E-state index is -0.307. The van der Waals surface area contributed by atoms with Crippen molar-refractivity contribution in [3.63, 3.8) is 0 Å². The van der Waals surface area contributed by atoms with Crippen LogP contribution < -0.4 is 4.90 Å². The number of pyridine rings is 1. The Morgan fingerprint density at radius 1 is 1.61 bits per heavy atom. The van der Waals surface area contributed by atoms with Crippen LogP contribution >= 0.6 is 0 Å². The molecule has 0 saturated carbocycles. The Morgan fingerprint density at radius 3 is 2.89 bits per heavy atom. The van der Waals surface area contributed by atoms with Gasteiger partial charge in [-0.05, 0) is 26.8 Å². The number of ether oxygens (including phenoxy) is 1. The Balaban J connectivity index is 2.98. The topological polar surface area (TPSA) is 66.2 Å². The van der Waals surface area contributed by atoms with Gasteiger partial charge in [0.25, 0.3) is 0 Å². The molecule has 0 radical (unpaired) electrons. The van der Waals surface area contributed by atoms with Crippen molar-refractivity contribution in [3.8, 4) is 6.07 Å². The van der Waals surface area contributed by atoms with Gasteiger partial charge in [-0.3, -0.25) is 9.78 Å². The number of hydrogen-bond acceptors (Lipinski definition) is 5. The van der Waals surface area contributed by atoms with Crippen molar-refractivity contribution in [3.05, 3.63) is 24.0 Å². The number of carbonyl (C=O) groups is 1. The monoisotopic (exact) mass is 247 g/mol. The van der Waals surface area contributed by atoms with Gasteiger partial charge in [-0.1, -0.05) is 0 Å². The lowest BCUT2D eigenvalue weighted by Crippen LogP contribution is -2.37.